The van der Waals surface area contributed by atoms with Gasteiger partial charge in [0.25, 0.3) is 0 Å². The van der Waals surface area contributed by atoms with E-state index in [0.29, 0.717) is 13.0 Å². The van der Waals surface area contributed by atoms with Crippen molar-refractivity contribution >= 4 is 6.09 Å². The fraction of sp³-hybridized carbons (Fsp3) is 0.381. The van der Waals surface area contributed by atoms with Crippen LogP contribution in [0.5, 0.6) is 0 Å². The van der Waals surface area contributed by atoms with Crippen molar-refractivity contribution in [2.45, 2.75) is 24.5 Å². The number of aliphatic hydroxyl groups is 1. The summed E-state index contributed by atoms with van der Waals surface area (Å²) in [5.74, 6) is 0.0410. The van der Waals surface area contributed by atoms with E-state index in [2.05, 4.69) is 24.3 Å². The molecular formula is C21H23NO4. The maximum absolute atomic E-state index is 12.5. The van der Waals surface area contributed by atoms with Crippen molar-refractivity contribution in [1.29, 1.82) is 0 Å². The van der Waals surface area contributed by atoms with Gasteiger partial charge in [0.15, 0.2) is 0 Å². The van der Waals surface area contributed by atoms with Gasteiger partial charge in [0.2, 0.25) is 0 Å². The van der Waals surface area contributed by atoms with Crippen LogP contribution in [-0.4, -0.2) is 55.1 Å². The number of aliphatic hydroxyl groups excluding tert-OH is 1. The number of amides is 1. The zero-order valence-electron chi connectivity index (χ0n) is 14.8. The molecule has 5 nitrogen and oxygen atoms in total. The fourth-order valence-electron chi connectivity index (χ4n) is 4.03. The molecule has 1 N–H and O–H groups in total. The van der Waals surface area contributed by atoms with E-state index >= 15 is 0 Å². The second-order valence-corrected chi connectivity index (χ2v) is 6.96. The average molecular weight is 353 g/mol. The molecule has 136 valence electrons. The van der Waals surface area contributed by atoms with Crippen LogP contribution in [0.15, 0.2) is 48.5 Å². The molecule has 2 atom stereocenters. The van der Waals surface area contributed by atoms with Crippen molar-refractivity contribution in [3.05, 3.63) is 59.7 Å². The lowest BCUT2D eigenvalue weighted by molar-refractivity contribution is -0.0280. The van der Waals surface area contributed by atoms with Crippen molar-refractivity contribution in [1.82, 2.24) is 4.90 Å². The number of methoxy groups -OCH3 is 1. The lowest BCUT2D eigenvalue weighted by atomic mass is 9.98. The first-order valence-corrected chi connectivity index (χ1v) is 8.98. The van der Waals surface area contributed by atoms with Gasteiger partial charge in [-0.15, -0.1) is 0 Å². The molecule has 1 saturated heterocycles. The zero-order chi connectivity index (χ0) is 18.1. The summed E-state index contributed by atoms with van der Waals surface area (Å²) in [5, 5.41) is 9.94. The number of nitrogens with zero attached hydrogens (tertiary/aromatic N) is 1. The number of piperidine rings is 1. The largest absolute Gasteiger partial charge is 0.448 e. The summed E-state index contributed by atoms with van der Waals surface area (Å²) in [6.07, 6.45) is -0.579. The van der Waals surface area contributed by atoms with Gasteiger partial charge in [-0.3, -0.25) is 0 Å². The van der Waals surface area contributed by atoms with Gasteiger partial charge in [-0.2, -0.15) is 0 Å². The van der Waals surface area contributed by atoms with Crippen LogP contribution >= 0.6 is 0 Å². The second-order valence-electron chi connectivity index (χ2n) is 6.96. The van der Waals surface area contributed by atoms with Crippen LogP contribution in [0.4, 0.5) is 4.79 Å². The van der Waals surface area contributed by atoms with Crippen LogP contribution in [0.25, 0.3) is 11.1 Å². The van der Waals surface area contributed by atoms with Gasteiger partial charge in [-0.25, -0.2) is 4.79 Å². The molecular weight excluding hydrogens is 330 g/mol. The molecule has 26 heavy (non-hydrogen) atoms. The van der Waals surface area contributed by atoms with Gasteiger partial charge in [0.1, 0.15) is 6.61 Å². The minimum atomic E-state index is -0.575. The Morgan fingerprint density at radius 1 is 1.08 bits per heavy atom. The maximum atomic E-state index is 12.5. The molecule has 0 radical (unpaired) electrons. The molecule has 2 aromatic carbocycles. The van der Waals surface area contributed by atoms with Crippen molar-refractivity contribution in [3.8, 4) is 11.1 Å². The molecule has 0 spiro atoms. The minimum absolute atomic E-state index is 0.0410. The average Bonchev–Trinajstić information content (AvgIpc) is 2.99. The highest BCUT2D eigenvalue weighted by atomic mass is 16.6. The SMILES string of the molecule is CO[C@@H]1C[C@H](O)CN(C(=O)OCC2c3ccccc3-c3ccccc32)C1. The van der Waals surface area contributed by atoms with Crippen LogP contribution in [0.3, 0.4) is 0 Å². The lowest BCUT2D eigenvalue weighted by Gasteiger charge is -2.34. The number of carbonyl (C=O) groups excluding carboxylic acids is 1. The Morgan fingerprint density at radius 3 is 2.31 bits per heavy atom. The van der Waals surface area contributed by atoms with Gasteiger partial charge in [0, 0.05) is 19.4 Å². The highest BCUT2D eigenvalue weighted by molar-refractivity contribution is 5.79. The van der Waals surface area contributed by atoms with Crippen LogP contribution < -0.4 is 0 Å². The molecule has 5 heteroatoms. The Hall–Kier alpha value is -2.37. The van der Waals surface area contributed by atoms with E-state index in [9.17, 15) is 9.90 Å². The highest BCUT2D eigenvalue weighted by Crippen LogP contribution is 2.44. The first kappa shape index (κ1) is 17.1. The van der Waals surface area contributed by atoms with Crippen LogP contribution in [-0.2, 0) is 9.47 Å². The van der Waals surface area contributed by atoms with Crippen LogP contribution in [0.2, 0.25) is 0 Å². The Kier molecular flexibility index (Phi) is 4.66. The third-order valence-electron chi connectivity index (χ3n) is 5.32. The van der Waals surface area contributed by atoms with Gasteiger partial charge < -0.3 is 19.5 Å². The third kappa shape index (κ3) is 3.08. The quantitative estimate of drug-likeness (QED) is 0.921. The standard InChI is InChI=1S/C21H23NO4/c1-25-15-10-14(23)11-22(12-15)21(24)26-13-20-18-8-4-2-6-16(18)17-7-3-5-9-19(17)20/h2-9,14-15,20,23H,10-13H2,1H3/t14-,15+/m0/s1. The number of hydrogen-bond acceptors (Lipinski definition) is 4. The number of benzene rings is 2. The van der Waals surface area contributed by atoms with Gasteiger partial charge in [0.05, 0.1) is 25.3 Å². The summed E-state index contributed by atoms with van der Waals surface area (Å²) >= 11 is 0. The Bertz CT molecular complexity index is 761. The maximum Gasteiger partial charge on any atom is 0.409 e. The van der Waals surface area contributed by atoms with Crippen molar-refractivity contribution in [2.75, 3.05) is 26.8 Å². The normalized spacial score (nSPS) is 22.0. The molecule has 0 saturated carbocycles. The zero-order valence-corrected chi connectivity index (χ0v) is 14.8. The smallest absolute Gasteiger partial charge is 0.409 e. The molecule has 0 aromatic heterocycles. The summed E-state index contributed by atoms with van der Waals surface area (Å²) in [6.45, 7) is 1.03. The van der Waals surface area contributed by atoms with Crippen molar-refractivity contribution < 1.29 is 19.4 Å². The van der Waals surface area contributed by atoms with Crippen LogP contribution in [0.1, 0.15) is 23.5 Å². The van der Waals surface area contributed by atoms with E-state index in [-0.39, 0.29) is 25.2 Å². The summed E-state index contributed by atoms with van der Waals surface area (Å²) in [7, 11) is 1.60. The predicted molar refractivity (Wildman–Crippen MR) is 98.1 cm³/mol. The van der Waals surface area contributed by atoms with E-state index in [1.165, 1.54) is 27.2 Å². The molecule has 2 aromatic rings. The lowest BCUT2D eigenvalue weighted by Crippen LogP contribution is -2.49. The van der Waals surface area contributed by atoms with Gasteiger partial charge >= 0.3 is 6.09 Å². The molecule has 1 heterocycles. The van der Waals surface area contributed by atoms with Gasteiger partial charge in [-0.1, -0.05) is 48.5 Å². The monoisotopic (exact) mass is 353 g/mol. The summed E-state index contributed by atoms with van der Waals surface area (Å²) < 4.78 is 10.9. The van der Waals surface area contributed by atoms with Crippen molar-refractivity contribution in [3.63, 3.8) is 0 Å². The number of rotatable bonds is 3. The number of carbonyl (C=O) groups is 1. The molecule has 0 unspecified atom stereocenters. The Balaban J connectivity index is 1.49. The molecule has 4 rings (SSSR count). The van der Waals surface area contributed by atoms with E-state index in [0.717, 1.165) is 0 Å². The third-order valence-corrected chi connectivity index (χ3v) is 5.32. The summed E-state index contributed by atoms with van der Waals surface area (Å²) in [5.41, 5.74) is 4.79. The first-order chi connectivity index (χ1) is 12.7. The number of fused-ring (bicyclic) bond motifs is 3. The van der Waals surface area contributed by atoms with E-state index in [4.69, 9.17) is 9.47 Å². The number of β-amino-alcohol motifs (C(OH)–C–C–N with tert-alkyl or cyclic N) is 1. The first-order valence-electron chi connectivity index (χ1n) is 8.98. The highest BCUT2D eigenvalue weighted by Gasteiger charge is 2.32. The van der Waals surface area contributed by atoms with E-state index in [1.807, 2.05) is 24.3 Å². The molecule has 0 bridgehead atoms. The Labute approximate surface area is 153 Å². The van der Waals surface area contributed by atoms with E-state index < -0.39 is 12.2 Å². The Morgan fingerprint density at radius 2 is 1.69 bits per heavy atom. The molecule has 2 aliphatic rings. The topological polar surface area (TPSA) is 59.0 Å². The number of ether oxygens (including phenoxy) is 2. The van der Waals surface area contributed by atoms with Gasteiger partial charge in [-0.05, 0) is 22.3 Å². The molecule has 1 aliphatic carbocycles. The fourth-order valence-corrected chi connectivity index (χ4v) is 4.03. The summed E-state index contributed by atoms with van der Waals surface area (Å²) in [6, 6.07) is 16.5. The molecule has 1 fully saturated rings. The minimum Gasteiger partial charge on any atom is -0.448 e. The van der Waals surface area contributed by atoms with E-state index in [1.54, 1.807) is 7.11 Å². The van der Waals surface area contributed by atoms with Crippen molar-refractivity contribution in [2.24, 2.45) is 0 Å². The molecule has 1 amide bonds. The predicted octanol–water partition coefficient (Wildman–Crippen LogP) is 3.02. The summed E-state index contributed by atoms with van der Waals surface area (Å²) in [4.78, 5) is 14.1. The number of hydrogen-bond donors (Lipinski definition) is 1. The molecule has 1 aliphatic heterocycles. The second kappa shape index (κ2) is 7.09. The van der Waals surface area contributed by atoms with Crippen LogP contribution in [0, 0.1) is 0 Å². The number of likely N-dealkylation sites (tertiary alicyclic amines) is 1.